The Kier molecular flexibility index (Phi) is 7.73. The van der Waals surface area contributed by atoms with Crippen molar-refractivity contribution in [3.63, 3.8) is 0 Å². The van der Waals surface area contributed by atoms with E-state index in [1.807, 2.05) is 25.1 Å². The molecular weight excluding hydrogens is 426 g/mol. The fourth-order valence-corrected chi connectivity index (χ4v) is 3.68. The number of nitrogens with two attached hydrogens (primary N) is 1. The summed E-state index contributed by atoms with van der Waals surface area (Å²) < 4.78 is 10.5. The molecule has 10 heteroatoms. The Morgan fingerprint density at radius 2 is 1.76 bits per heavy atom. The van der Waals surface area contributed by atoms with Crippen LogP contribution in [0.4, 0.5) is 10.5 Å². The molecule has 0 radical (unpaired) electrons. The molecule has 33 heavy (non-hydrogen) atoms. The van der Waals surface area contributed by atoms with Gasteiger partial charge in [0.2, 0.25) is 0 Å². The van der Waals surface area contributed by atoms with E-state index in [4.69, 9.17) is 15.2 Å². The highest BCUT2D eigenvalue weighted by atomic mass is 16.5. The smallest absolute Gasteiger partial charge is 0.323 e. The predicted molar refractivity (Wildman–Crippen MR) is 123 cm³/mol. The van der Waals surface area contributed by atoms with E-state index >= 15 is 0 Å². The molecule has 1 unspecified atom stereocenters. The van der Waals surface area contributed by atoms with E-state index in [2.05, 4.69) is 10.6 Å². The normalized spacial score (nSPS) is 15.2. The minimum Gasteiger partial charge on any atom is -0.493 e. The van der Waals surface area contributed by atoms with E-state index in [-0.39, 0.29) is 26.2 Å². The highest BCUT2D eigenvalue weighted by molar-refractivity contribution is 6.01. The van der Waals surface area contributed by atoms with Gasteiger partial charge in [0.25, 0.3) is 11.8 Å². The van der Waals surface area contributed by atoms with Crippen LogP contribution in [0.1, 0.15) is 15.9 Å². The van der Waals surface area contributed by atoms with Gasteiger partial charge in [-0.2, -0.15) is 0 Å². The summed E-state index contributed by atoms with van der Waals surface area (Å²) in [5.41, 5.74) is 7.41. The van der Waals surface area contributed by atoms with Gasteiger partial charge in [0.05, 0.1) is 14.2 Å². The highest BCUT2D eigenvalue weighted by Crippen LogP contribution is 2.29. The zero-order chi connectivity index (χ0) is 24.0. The maximum Gasteiger partial charge on any atom is 0.323 e. The molecule has 0 saturated carbocycles. The Morgan fingerprint density at radius 3 is 2.42 bits per heavy atom. The van der Waals surface area contributed by atoms with E-state index in [1.54, 1.807) is 24.3 Å². The minimum atomic E-state index is -1.12. The fourth-order valence-electron chi connectivity index (χ4n) is 3.68. The second kappa shape index (κ2) is 10.7. The third kappa shape index (κ3) is 5.35. The van der Waals surface area contributed by atoms with Gasteiger partial charge in [0, 0.05) is 37.4 Å². The van der Waals surface area contributed by atoms with Crippen molar-refractivity contribution in [2.24, 2.45) is 5.73 Å². The summed E-state index contributed by atoms with van der Waals surface area (Å²) in [6, 6.07) is 11.6. The first kappa shape index (κ1) is 23.9. The number of aryl methyl sites for hydroxylation is 1. The third-order valence-corrected chi connectivity index (χ3v) is 5.27. The van der Waals surface area contributed by atoms with Crippen LogP contribution in [0, 0.1) is 6.92 Å². The molecule has 1 atom stereocenters. The Bertz CT molecular complexity index is 1030. The zero-order valence-electron chi connectivity index (χ0n) is 19.0. The molecule has 0 bridgehead atoms. The Labute approximate surface area is 192 Å². The highest BCUT2D eigenvalue weighted by Gasteiger charge is 2.43. The maximum atomic E-state index is 13.3. The van der Waals surface area contributed by atoms with Crippen LogP contribution in [-0.4, -0.2) is 74.2 Å². The van der Waals surface area contributed by atoms with Gasteiger partial charge in [-0.15, -0.1) is 0 Å². The van der Waals surface area contributed by atoms with Crippen LogP contribution in [-0.2, 0) is 4.79 Å². The van der Waals surface area contributed by atoms with E-state index in [9.17, 15) is 14.4 Å². The largest absolute Gasteiger partial charge is 0.493 e. The van der Waals surface area contributed by atoms with Crippen LogP contribution in [0.15, 0.2) is 42.5 Å². The summed E-state index contributed by atoms with van der Waals surface area (Å²) in [6.07, 6.45) is -1.12. The van der Waals surface area contributed by atoms with Crippen molar-refractivity contribution in [1.29, 1.82) is 0 Å². The molecule has 1 aliphatic rings. The fraction of sp³-hybridized carbons (Fsp3) is 0.348. The van der Waals surface area contributed by atoms with E-state index < -0.39 is 24.0 Å². The van der Waals surface area contributed by atoms with Crippen LogP contribution < -0.4 is 25.8 Å². The molecule has 3 rings (SSSR count). The molecule has 4 N–H and O–H groups in total. The van der Waals surface area contributed by atoms with Crippen LogP contribution >= 0.6 is 0 Å². The molecule has 176 valence electrons. The molecule has 2 aromatic rings. The van der Waals surface area contributed by atoms with Gasteiger partial charge in [-0.1, -0.05) is 12.1 Å². The number of hydrogen-bond donors (Lipinski definition) is 3. The van der Waals surface area contributed by atoms with Crippen LogP contribution in [0.2, 0.25) is 0 Å². The molecular formula is C23H29N5O5. The third-order valence-electron chi connectivity index (χ3n) is 5.27. The Morgan fingerprint density at radius 1 is 1.03 bits per heavy atom. The second-order valence-electron chi connectivity index (χ2n) is 7.51. The first-order valence-corrected chi connectivity index (χ1v) is 10.5. The van der Waals surface area contributed by atoms with Crippen molar-refractivity contribution in [3.05, 3.63) is 53.6 Å². The van der Waals surface area contributed by atoms with E-state index in [1.165, 1.54) is 24.0 Å². The van der Waals surface area contributed by atoms with Gasteiger partial charge in [-0.05, 0) is 42.8 Å². The summed E-state index contributed by atoms with van der Waals surface area (Å²) in [4.78, 5) is 42.1. The van der Waals surface area contributed by atoms with Gasteiger partial charge >= 0.3 is 6.03 Å². The maximum absolute atomic E-state index is 13.3. The molecule has 1 fully saturated rings. The van der Waals surface area contributed by atoms with Gasteiger partial charge in [0.15, 0.2) is 17.7 Å². The van der Waals surface area contributed by atoms with Gasteiger partial charge < -0.3 is 30.7 Å². The van der Waals surface area contributed by atoms with Crippen LogP contribution in [0.5, 0.6) is 11.5 Å². The summed E-state index contributed by atoms with van der Waals surface area (Å²) in [5, 5.41) is 5.49. The number of nitrogens with zero attached hydrogens (tertiary/aromatic N) is 2. The average Bonchev–Trinajstić information content (AvgIpc) is 3.27. The van der Waals surface area contributed by atoms with E-state index in [0.717, 1.165) is 5.56 Å². The topological polar surface area (TPSA) is 126 Å². The average molecular weight is 456 g/mol. The van der Waals surface area contributed by atoms with Gasteiger partial charge in [-0.3, -0.25) is 14.5 Å². The first-order valence-electron chi connectivity index (χ1n) is 10.5. The Hall–Kier alpha value is -3.79. The summed E-state index contributed by atoms with van der Waals surface area (Å²) >= 11 is 0. The number of anilines is 1. The SMILES string of the molecule is COc1ccc(C(=O)N2CCN(C(=O)Nc3cccc(C)c3)C2C(=O)NCCN)cc1OC. The standard InChI is InChI=1S/C23H29N5O5/c1-15-5-4-6-17(13-15)26-23(31)28-12-11-27(21(28)20(29)25-10-9-24)22(30)16-7-8-18(32-2)19(14-16)33-3/h4-8,13-14,21H,9-12,24H2,1-3H3,(H,25,29)(H,26,31). The number of nitrogens with one attached hydrogen (secondary N) is 2. The van der Waals surface area contributed by atoms with E-state index in [0.29, 0.717) is 22.7 Å². The summed E-state index contributed by atoms with van der Waals surface area (Å²) in [6.45, 7) is 2.75. The number of rotatable bonds is 7. The van der Waals surface area contributed by atoms with Crippen molar-refractivity contribution < 1.29 is 23.9 Å². The van der Waals surface area contributed by atoms with Gasteiger partial charge in [-0.25, -0.2) is 4.79 Å². The van der Waals surface area contributed by atoms with Crippen molar-refractivity contribution in [1.82, 2.24) is 15.1 Å². The lowest BCUT2D eigenvalue weighted by Crippen LogP contribution is -2.55. The van der Waals surface area contributed by atoms with Gasteiger partial charge in [0.1, 0.15) is 0 Å². The van der Waals surface area contributed by atoms with Crippen LogP contribution in [0.25, 0.3) is 0 Å². The summed E-state index contributed by atoms with van der Waals surface area (Å²) in [7, 11) is 2.98. The lowest BCUT2D eigenvalue weighted by atomic mass is 10.1. The van der Waals surface area contributed by atoms with Crippen LogP contribution in [0.3, 0.4) is 0 Å². The number of urea groups is 1. The molecule has 4 amide bonds. The molecule has 0 spiro atoms. The van der Waals surface area contributed by atoms with Crippen molar-refractivity contribution in [2.75, 3.05) is 45.7 Å². The monoisotopic (exact) mass is 455 g/mol. The lowest BCUT2D eigenvalue weighted by molar-refractivity contribution is -0.127. The first-order chi connectivity index (χ1) is 15.9. The number of amides is 4. The molecule has 1 aliphatic heterocycles. The predicted octanol–water partition coefficient (Wildman–Crippen LogP) is 1.40. The molecule has 1 heterocycles. The second-order valence-corrected chi connectivity index (χ2v) is 7.51. The lowest BCUT2D eigenvalue weighted by Gasteiger charge is -2.29. The van der Waals surface area contributed by atoms with Crippen molar-refractivity contribution in [2.45, 2.75) is 13.1 Å². The minimum absolute atomic E-state index is 0.190. The molecule has 2 aromatic carbocycles. The molecule has 0 aromatic heterocycles. The number of carbonyl (C=O) groups excluding carboxylic acids is 3. The number of benzene rings is 2. The Balaban J connectivity index is 1.87. The number of hydrogen-bond acceptors (Lipinski definition) is 6. The van der Waals surface area contributed by atoms with Crippen molar-refractivity contribution in [3.8, 4) is 11.5 Å². The molecule has 10 nitrogen and oxygen atoms in total. The zero-order valence-corrected chi connectivity index (χ0v) is 19.0. The summed E-state index contributed by atoms with van der Waals surface area (Å²) in [5.74, 6) is -0.0199. The quantitative estimate of drug-likeness (QED) is 0.579. The number of ether oxygens (including phenoxy) is 2. The number of methoxy groups -OCH3 is 2. The number of carbonyl (C=O) groups is 3. The molecule has 1 saturated heterocycles. The molecule has 0 aliphatic carbocycles. The van der Waals surface area contributed by atoms with Crippen molar-refractivity contribution >= 4 is 23.5 Å².